The zero-order chi connectivity index (χ0) is 15.4. The number of rotatable bonds is 12. The molecule has 3 heteroatoms. The quantitative estimate of drug-likeness (QED) is 0.403. The largest absolute Gasteiger partial charge is 0.285 e. The minimum Gasteiger partial charge on any atom is -0.285 e. The van der Waals surface area contributed by atoms with Gasteiger partial charge in [-0.2, -0.15) is 0 Å². The second kappa shape index (κ2) is 11.5. The van der Waals surface area contributed by atoms with E-state index in [0.29, 0.717) is 0 Å². The van der Waals surface area contributed by atoms with Gasteiger partial charge in [0.15, 0.2) is 0 Å². The predicted molar refractivity (Wildman–Crippen MR) is 96.4 cm³/mol. The molecule has 0 aliphatic rings. The molecule has 0 saturated heterocycles. The predicted octanol–water partition coefficient (Wildman–Crippen LogP) is 3.22. The van der Waals surface area contributed by atoms with Crippen LogP contribution in [0.25, 0.3) is 0 Å². The standard InChI is InChI=1S/C17H38N2Si/c1-6-12-18(13-7-2)17(5,11-10-16-20)19(14-8-3)15-9-4/h10,16H,6-9,11-15H2,1-5,20H3/b16-10+. The maximum absolute atomic E-state index is 2.72. The summed E-state index contributed by atoms with van der Waals surface area (Å²) < 4.78 is 0. The summed E-state index contributed by atoms with van der Waals surface area (Å²) in [6, 6.07) is 0. The minimum absolute atomic E-state index is 0.193. The molecular formula is C17H38N2Si. The Hall–Kier alpha value is -0.123. The summed E-state index contributed by atoms with van der Waals surface area (Å²) in [5.74, 6) is 0. The third-order valence-electron chi connectivity index (χ3n) is 4.08. The van der Waals surface area contributed by atoms with E-state index in [1.54, 1.807) is 0 Å². The first-order valence-corrected chi connectivity index (χ1v) is 9.87. The van der Waals surface area contributed by atoms with Crippen molar-refractivity contribution in [3.05, 3.63) is 11.8 Å². The summed E-state index contributed by atoms with van der Waals surface area (Å²) >= 11 is 0. The fraction of sp³-hybridized carbons (Fsp3) is 0.882. The van der Waals surface area contributed by atoms with Crippen molar-refractivity contribution in [3.8, 4) is 0 Å². The van der Waals surface area contributed by atoms with E-state index in [9.17, 15) is 0 Å². The van der Waals surface area contributed by atoms with E-state index in [-0.39, 0.29) is 5.66 Å². The highest BCUT2D eigenvalue weighted by Crippen LogP contribution is 2.26. The number of hydrogen-bond donors (Lipinski definition) is 0. The van der Waals surface area contributed by atoms with E-state index in [1.165, 1.54) is 62.1 Å². The molecule has 0 bridgehead atoms. The number of hydrogen-bond acceptors (Lipinski definition) is 2. The second-order valence-electron chi connectivity index (χ2n) is 5.96. The molecule has 20 heavy (non-hydrogen) atoms. The molecule has 0 spiro atoms. The lowest BCUT2D eigenvalue weighted by molar-refractivity contribution is -0.0453. The van der Waals surface area contributed by atoms with Crippen molar-refractivity contribution >= 4 is 10.2 Å². The second-order valence-corrected chi connectivity index (χ2v) is 6.63. The SMILES string of the molecule is CCCN(CCC)C(C)(C/C=C/[SiH3])N(CCC)CCC. The summed E-state index contributed by atoms with van der Waals surface area (Å²) in [6.45, 7) is 16.5. The Morgan fingerprint density at radius 1 is 0.800 bits per heavy atom. The van der Waals surface area contributed by atoms with Crippen molar-refractivity contribution in [1.82, 2.24) is 9.80 Å². The van der Waals surface area contributed by atoms with Crippen LogP contribution >= 0.6 is 0 Å². The van der Waals surface area contributed by atoms with Gasteiger partial charge in [-0.3, -0.25) is 9.80 Å². The average molecular weight is 299 g/mol. The first-order valence-electron chi connectivity index (χ1n) is 8.71. The molecule has 0 saturated carbocycles. The smallest absolute Gasteiger partial charge is 0.0743 e. The van der Waals surface area contributed by atoms with Gasteiger partial charge in [-0.25, -0.2) is 0 Å². The average Bonchev–Trinajstić information content (AvgIpc) is 2.44. The lowest BCUT2D eigenvalue weighted by Gasteiger charge is -2.49. The maximum atomic E-state index is 2.72. The van der Waals surface area contributed by atoms with Crippen molar-refractivity contribution in [3.63, 3.8) is 0 Å². The lowest BCUT2D eigenvalue weighted by atomic mass is 10.0. The third-order valence-corrected chi connectivity index (χ3v) is 4.55. The molecule has 0 aromatic heterocycles. The van der Waals surface area contributed by atoms with Crippen molar-refractivity contribution < 1.29 is 0 Å². The highest BCUT2D eigenvalue weighted by Gasteiger charge is 2.35. The van der Waals surface area contributed by atoms with Gasteiger partial charge in [0.05, 0.1) is 5.66 Å². The van der Waals surface area contributed by atoms with Crippen LogP contribution in [0.4, 0.5) is 0 Å². The first-order chi connectivity index (χ1) is 9.60. The van der Waals surface area contributed by atoms with Crippen LogP contribution in [0.2, 0.25) is 0 Å². The molecule has 0 aliphatic heterocycles. The van der Waals surface area contributed by atoms with Crippen LogP contribution in [0.15, 0.2) is 11.8 Å². The van der Waals surface area contributed by atoms with Crippen molar-refractivity contribution in [1.29, 1.82) is 0 Å². The molecule has 0 radical (unpaired) electrons. The normalized spacial score (nSPS) is 13.2. The Balaban J connectivity index is 5.26. The van der Waals surface area contributed by atoms with Gasteiger partial charge in [0.2, 0.25) is 0 Å². The summed E-state index contributed by atoms with van der Waals surface area (Å²) in [5, 5.41) is 0. The van der Waals surface area contributed by atoms with Gasteiger partial charge in [0.25, 0.3) is 0 Å². The zero-order valence-electron chi connectivity index (χ0n) is 14.9. The van der Waals surface area contributed by atoms with E-state index in [2.05, 4.69) is 56.2 Å². The summed E-state index contributed by atoms with van der Waals surface area (Å²) in [7, 11) is 1.17. The summed E-state index contributed by atoms with van der Waals surface area (Å²) in [5.41, 5.74) is 2.53. The van der Waals surface area contributed by atoms with Gasteiger partial charge in [0.1, 0.15) is 0 Å². The molecular weight excluding hydrogens is 260 g/mol. The summed E-state index contributed by atoms with van der Waals surface area (Å²) in [6.07, 6.45) is 8.54. The number of nitrogens with zero attached hydrogens (tertiary/aromatic N) is 2. The van der Waals surface area contributed by atoms with Gasteiger partial charge >= 0.3 is 0 Å². The molecule has 0 N–H and O–H groups in total. The fourth-order valence-corrected chi connectivity index (χ4v) is 3.30. The highest BCUT2D eigenvalue weighted by molar-refractivity contribution is 6.16. The molecule has 0 aromatic rings. The van der Waals surface area contributed by atoms with Crippen molar-refractivity contribution in [2.24, 2.45) is 0 Å². The monoisotopic (exact) mass is 298 g/mol. The van der Waals surface area contributed by atoms with Crippen LogP contribution in [0.1, 0.15) is 66.7 Å². The first kappa shape index (κ1) is 19.9. The fourth-order valence-electron chi connectivity index (χ4n) is 3.07. The lowest BCUT2D eigenvalue weighted by Crippen LogP contribution is -2.59. The van der Waals surface area contributed by atoms with Gasteiger partial charge in [-0.1, -0.05) is 33.8 Å². The Bertz CT molecular complexity index is 225. The molecule has 2 nitrogen and oxygen atoms in total. The van der Waals surface area contributed by atoms with Crippen LogP contribution in [0.3, 0.4) is 0 Å². The molecule has 120 valence electrons. The topological polar surface area (TPSA) is 6.48 Å². The maximum Gasteiger partial charge on any atom is 0.0743 e. The van der Waals surface area contributed by atoms with Crippen LogP contribution in [-0.4, -0.2) is 51.9 Å². The molecule has 0 rings (SSSR count). The summed E-state index contributed by atoms with van der Waals surface area (Å²) in [4.78, 5) is 5.44. The molecule has 0 fully saturated rings. The van der Waals surface area contributed by atoms with Crippen LogP contribution < -0.4 is 0 Å². The Morgan fingerprint density at radius 3 is 1.40 bits per heavy atom. The Labute approximate surface area is 131 Å². The van der Waals surface area contributed by atoms with E-state index in [4.69, 9.17) is 0 Å². The molecule has 0 heterocycles. The van der Waals surface area contributed by atoms with Crippen LogP contribution in [0, 0.1) is 0 Å². The zero-order valence-corrected chi connectivity index (χ0v) is 16.9. The van der Waals surface area contributed by atoms with E-state index < -0.39 is 0 Å². The van der Waals surface area contributed by atoms with Crippen LogP contribution in [-0.2, 0) is 0 Å². The van der Waals surface area contributed by atoms with E-state index >= 15 is 0 Å². The Kier molecular flexibility index (Phi) is 11.5. The van der Waals surface area contributed by atoms with E-state index in [0.717, 1.165) is 6.42 Å². The van der Waals surface area contributed by atoms with Crippen molar-refractivity contribution in [2.45, 2.75) is 72.4 Å². The third kappa shape index (κ3) is 6.11. The van der Waals surface area contributed by atoms with Crippen molar-refractivity contribution in [2.75, 3.05) is 26.2 Å². The molecule has 0 atom stereocenters. The van der Waals surface area contributed by atoms with Gasteiger partial charge in [-0.15, -0.1) is 5.70 Å². The van der Waals surface area contributed by atoms with E-state index in [1.807, 2.05) is 0 Å². The molecule has 0 unspecified atom stereocenters. The minimum atomic E-state index is 0.193. The van der Waals surface area contributed by atoms with Crippen LogP contribution in [0.5, 0.6) is 0 Å². The van der Waals surface area contributed by atoms with Gasteiger partial charge in [0, 0.05) is 10.2 Å². The molecule has 0 amide bonds. The van der Waals surface area contributed by atoms with Gasteiger partial charge < -0.3 is 0 Å². The molecule has 0 aromatic carbocycles. The van der Waals surface area contributed by atoms with Gasteiger partial charge in [-0.05, 0) is 65.2 Å². The Morgan fingerprint density at radius 2 is 1.15 bits per heavy atom. The molecule has 0 aliphatic carbocycles. The highest BCUT2D eigenvalue weighted by atomic mass is 28.1.